The molecule has 0 aliphatic carbocycles. The van der Waals surface area contributed by atoms with Gasteiger partial charge < -0.3 is 14.8 Å². The molecule has 1 saturated heterocycles. The lowest BCUT2D eigenvalue weighted by molar-refractivity contribution is -0.132. The Labute approximate surface area is 159 Å². The van der Waals surface area contributed by atoms with E-state index in [1.165, 1.54) is 0 Å². The van der Waals surface area contributed by atoms with E-state index in [9.17, 15) is 14.4 Å². The molecular weight excluding hydrogens is 342 g/mol. The van der Waals surface area contributed by atoms with Crippen LogP contribution in [0.4, 0.5) is 0 Å². The fraction of sp³-hybridized carbons (Fsp3) is 0.476. The van der Waals surface area contributed by atoms with E-state index in [-0.39, 0.29) is 12.5 Å². The number of nitrogens with zero attached hydrogens (tertiary/aromatic N) is 2. The number of Topliss-reactive ketones (excluding diaryl/α,β-unsaturated/α-hetero) is 1. The standard InChI is InChI=1S/C21H27N3O3/c1-21(2,3)22-20(27)19(26)16-13-24(17-10-6-5-9-15(16)17)14-18(25)23-11-7-4-8-12-23/h5-6,9-10,13H,4,7-8,11-12,14H2,1-3H3,(H,22,27). The first kappa shape index (κ1) is 19.1. The Hall–Kier alpha value is -2.63. The summed E-state index contributed by atoms with van der Waals surface area (Å²) in [6.45, 7) is 7.25. The van der Waals surface area contributed by atoms with Gasteiger partial charge in [0.2, 0.25) is 5.91 Å². The molecule has 0 unspecified atom stereocenters. The van der Waals surface area contributed by atoms with Gasteiger partial charge in [-0.2, -0.15) is 0 Å². The summed E-state index contributed by atoms with van der Waals surface area (Å²) in [4.78, 5) is 39.6. The first-order chi connectivity index (χ1) is 12.8. The van der Waals surface area contributed by atoms with Gasteiger partial charge in [-0.25, -0.2) is 0 Å². The molecule has 6 nitrogen and oxygen atoms in total. The fourth-order valence-corrected chi connectivity index (χ4v) is 3.47. The number of nitrogens with one attached hydrogen (secondary N) is 1. The molecule has 2 amide bonds. The highest BCUT2D eigenvalue weighted by Gasteiger charge is 2.26. The van der Waals surface area contributed by atoms with Crippen molar-refractivity contribution in [2.75, 3.05) is 13.1 Å². The number of carbonyl (C=O) groups excluding carboxylic acids is 3. The van der Waals surface area contributed by atoms with Crippen LogP contribution in [0.15, 0.2) is 30.5 Å². The number of carbonyl (C=O) groups is 3. The zero-order valence-electron chi connectivity index (χ0n) is 16.2. The lowest BCUT2D eigenvalue weighted by Crippen LogP contribution is -2.44. The van der Waals surface area contributed by atoms with Crippen molar-refractivity contribution in [1.29, 1.82) is 0 Å². The van der Waals surface area contributed by atoms with Crippen molar-refractivity contribution in [3.05, 3.63) is 36.0 Å². The molecular formula is C21H27N3O3. The molecule has 144 valence electrons. The zero-order chi connectivity index (χ0) is 19.6. The maximum atomic E-state index is 12.7. The van der Waals surface area contributed by atoms with Gasteiger partial charge in [-0.15, -0.1) is 0 Å². The molecule has 6 heteroatoms. The molecule has 1 fully saturated rings. The molecule has 0 radical (unpaired) electrons. The van der Waals surface area contributed by atoms with E-state index in [0.29, 0.717) is 10.9 Å². The van der Waals surface area contributed by atoms with Crippen molar-refractivity contribution in [2.24, 2.45) is 0 Å². The lowest BCUT2D eigenvalue weighted by Gasteiger charge is -2.27. The monoisotopic (exact) mass is 369 g/mol. The molecule has 0 bridgehead atoms. The molecule has 2 aromatic rings. The van der Waals surface area contributed by atoms with Crippen molar-refractivity contribution in [2.45, 2.75) is 52.1 Å². The van der Waals surface area contributed by atoms with E-state index in [1.807, 2.05) is 49.9 Å². The Bertz CT molecular complexity index is 870. The van der Waals surface area contributed by atoms with Crippen LogP contribution in [-0.4, -0.2) is 45.7 Å². The minimum atomic E-state index is -0.632. The second kappa shape index (κ2) is 7.55. The van der Waals surface area contributed by atoms with Crippen molar-refractivity contribution >= 4 is 28.5 Å². The van der Waals surface area contributed by atoms with Gasteiger partial charge in [-0.3, -0.25) is 14.4 Å². The number of hydrogen-bond acceptors (Lipinski definition) is 3. The molecule has 1 N–H and O–H groups in total. The Morgan fingerprint density at radius 1 is 1.04 bits per heavy atom. The maximum Gasteiger partial charge on any atom is 0.292 e. The van der Waals surface area contributed by atoms with Crippen LogP contribution >= 0.6 is 0 Å². The zero-order valence-corrected chi connectivity index (χ0v) is 16.2. The summed E-state index contributed by atoms with van der Waals surface area (Å²) in [5.74, 6) is -1.16. The summed E-state index contributed by atoms with van der Waals surface area (Å²) in [6.07, 6.45) is 4.87. The van der Waals surface area contributed by atoms with Crippen LogP contribution < -0.4 is 5.32 Å². The minimum absolute atomic E-state index is 0.0496. The number of hydrogen-bond donors (Lipinski definition) is 1. The Morgan fingerprint density at radius 3 is 2.37 bits per heavy atom. The van der Waals surface area contributed by atoms with Gasteiger partial charge >= 0.3 is 0 Å². The average molecular weight is 369 g/mol. The number of rotatable bonds is 4. The minimum Gasteiger partial charge on any atom is -0.345 e. The molecule has 0 atom stereocenters. The summed E-state index contributed by atoms with van der Waals surface area (Å²) < 4.78 is 1.78. The molecule has 1 aliphatic rings. The topological polar surface area (TPSA) is 71.4 Å². The molecule has 27 heavy (non-hydrogen) atoms. The van der Waals surface area contributed by atoms with E-state index in [0.717, 1.165) is 37.9 Å². The van der Waals surface area contributed by atoms with E-state index >= 15 is 0 Å². The number of amides is 2. The van der Waals surface area contributed by atoms with Gasteiger partial charge in [0.15, 0.2) is 0 Å². The van der Waals surface area contributed by atoms with Gasteiger partial charge in [-0.1, -0.05) is 18.2 Å². The van der Waals surface area contributed by atoms with Gasteiger partial charge in [0, 0.05) is 35.7 Å². The van der Waals surface area contributed by atoms with Crippen LogP contribution in [0.25, 0.3) is 10.9 Å². The number of benzene rings is 1. The molecule has 1 aliphatic heterocycles. The van der Waals surface area contributed by atoms with Gasteiger partial charge in [0.25, 0.3) is 11.7 Å². The highest BCUT2D eigenvalue weighted by Crippen LogP contribution is 2.23. The summed E-state index contributed by atoms with van der Waals surface area (Å²) in [6, 6.07) is 7.39. The molecule has 1 aromatic carbocycles. The number of likely N-dealkylation sites (tertiary alicyclic amines) is 1. The Kier molecular flexibility index (Phi) is 5.35. The fourth-order valence-electron chi connectivity index (χ4n) is 3.47. The van der Waals surface area contributed by atoms with Crippen molar-refractivity contribution in [1.82, 2.24) is 14.8 Å². The largest absolute Gasteiger partial charge is 0.345 e. The molecule has 1 aromatic heterocycles. The van der Waals surface area contributed by atoms with Crippen LogP contribution in [-0.2, 0) is 16.1 Å². The quantitative estimate of drug-likeness (QED) is 0.665. The first-order valence-corrected chi connectivity index (χ1v) is 9.49. The molecule has 2 heterocycles. The Balaban J connectivity index is 1.88. The second-order valence-electron chi connectivity index (χ2n) is 8.16. The van der Waals surface area contributed by atoms with E-state index in [1.54, 1.807) is 10.8 Å². The van der Waals surface area contributed by atoms with Crippen LogP contribution in [0.5, 0.6) is 0 Å². The van der Waals surface area contributed by atoms with Crippen LogP contribution in [0.2, 0.25) is 0 Å². The average Bonchev–Trinajstić information content (AvgIpc) is 2.99. The molecule has 0 saturated carbocycles. The van der Waals surface area contributed by atoms with Crippen LogP contribution in [0.3, 0.4) is 0 Å². The number of aromatic nitrogens is 1. The molecule has 0 spiro atoms. The highest BCUT2D eigenvalue weighted by molar-refractivity contribution is 6.45. The second-order valence-corrected chi connectivity index (χ2v) is 8.16. The summed E-state index contributed by atoms with van der Waals surface area (Å²) in [5.41, 5.74) is 0.628. The van der Waals surface area contributed by atoms with E-state index in [4.69, 9.17) is 0 Å². The third-order valence-corrected chi connectivity index (χ3v) is 4.74. The highest BCUT2D eigenvalue weighted by atomic mass is 16.2. The number of fused-ring (bicyclic) bond motifs is 1. The van der Waals surface area contributed by atoms with E-state index < -0.39 is 17.2 Å². The van der Waals surface area contributed by atoms with Gasteiger partial charge in [0.05, 0.1) is 5.56 Å². The summed E-state index contributed by atoms with van der Waals surface area (Å²) >= 11 is 0. The Morgan fingerprint density at radius 2 is 1.70 bits per heavy atom. The normalized spacial score (nSPS) is 15.0. The third-order valence-electron chi connectivity index (χ3n) is 4.74. The lowest BCUT2D eigenvalue weighted by atomic mass is 10.1. The SMILES string of the molecule is CC(C)(C)NC(=O)C(=O)c1cn(CC(=O)N2CCCCC2)c2ccccc12. The first-order valence-electron chi connectivity index (χ1n) is 9.49. The van der Waals surface area contributed by atoms with Crippen molar-refractivity contribution in [3.63, 3.8) is 0 Å². The smallest absolute Gasteiger partial charge is 0.292 e. The number of ketones is 1. The van der Waals surface area contributed by atoms with Gasteiger partial charge in [0.1, 0.15) is 6.54 Å². The maximum absolute atomic E-state index is 12.7. The van der Waals surface area contributed by atoms with Crippen molar-refractivity contribution in [3.8, 4) is 0 Å². The summed E-state index contributed by atoms with van der Waals surface area (Å²) in [7, 11) is 0. The predicted octanol–water partition coefficient (Wildman–Crippen LogP) is 2.75. The number of piperidine rings is 1. The van der Waals surface area contributed by atoms with Gasteiger partial charge in [-0.05, 0) is 46.1 Å². The third kappa shape index (κ3) is 4.38. The summed E-state index contributed by atoms with van der Waals surface area (Å²) in [5, 5.41) is 3.40. The van der Waals surface area contributed by atoms with Crippen LogP contribution in [0.1, 0.15) is 50.4 Å². The van der Waals surface area contributed by atoms with Crippen molar-refractivity contribution < 1.29 is 14.4 Å². The number of para-hydroxylation sites is 1. The van der Waals surface area contributed by atoms with Crippen LogP contribution in [0, 0.1) is 0 Å². The molecule has 3 rings (SSSR count). The predicted molar refractivity (Wildman–Crippen MR) is 105 cm³/mol. The van der Waals surface area contributed by atoms with E-state index in [2.05, 4.69) is 5.32 Å².